The van der Waals surface area contributed by atoms with Gasteiger partial charge in [0.1, 0.15) is 64.7 Å². The van der Waals surface area contributed by atoms with Crippen LogP contribution in [0.4, 0.5) is 0 Å². The average Bonchev–Trinajstić information content (AvgIpc) is 3.21. The molecule has 218 valence electrons. The van der Waals surface area contributed by atoms with Crippen molar-refractivity contribution in [1.29, 1.82) is 0 Å². The van der Waals surface area contributed by atoms with Crippen molar-refractivity contribution in [2.45, 2.75) is 61.2 Å². The Balaban J connectivity index is 1.41. The Morgan fingerprint density at radius 3 is 2.38 bits per heavy atom. The van der Waals surface area contributed by atoms with Gasteiger partial charge in [0.15, 0.2) is 18.2 Å². The second-order valence-corrected chi connectivity index (χ2v) is 9.95. The van der Waals surface area contributed by atoms with Gasteiger partial charge in [-0.25, -0.2) is 0 Å². The number of carbonyl (C=O) groups excluding carboxylic acids is 1. The molecule has 0 aliphatic carbocycles. The van der Waals surface area contributed by atoms with Crippen LogP contribution in [0.15, 0.2) is 36.4 Å². The van der Waals surface area contributed by atoms with Crippen molar-refractivity contribution in [3.05, 3.63) is 47.5 Å². The number of hydrogen-bond acceptors (Lipinski definition) is 14. The van der Waals surface area contributed by atoms with Crippen molar-refractivity contribution >= 4 is 5.78 Å². The van der Waals surface area contributed by atoms with Crippen molar-refractivity contribution in [2.24, 2.45) is 0 Å². The van der Waals surface area contributed by atoms with Gasteiger partial charge in [0.05, 0.1) is 26.2 Å². The molecule has 2 aromatic carbocycles. The fourth-order valence-electron chi connectivity index (χ4n) is 4.85. The number of carbonyl (C=O) groups is 1. The Bertz CT molecular complexity index is 1220. The summed E-state index contributed by atoms with van der Waals surface area (Å²) in [5, 5.41) is 81.0. The number of aromatic hydroxyl groups is 2. The minimum atomic E-state index is -2.03. The summed E-state index contributed by atoms with van der Waals surface area (Å²) in [4.78, 5) is 12.8. The molecular weight excluding hydrogens is 536 g/mol. The van der Waals surface area contributed by atoms with E-state index in [0.717, 1.165) is 6.07 Å². The first-order valence-corrected chi connectivity index (χ1v) is 12.5. The zero-order valence-electron chi connectivity index (χ0n) is 20.9. The third kappa shape index (κ3) is 5.21. The number of hydrogen-bond donors (Lipinski definition) is 8. The molecule has 2 aromatic rings. The summed E-state index contributed by atoms with van der Waals surface area (Å²) in [5.74, 6) is -0.944. The normalized spacial score (nSPS) is 35.7. The van der Waals surface area contributed by atoms with E-state index in [4.69, 9.17) is 23.7 Å². The van der Waals surface area contributed by atoms with Crippen LogP contribution in [0.5, 0.6) is 23.0 Å². The molecule has 0 aromatic heterocycles. The van der Waals surface area contributed by atoms with E-state index < -0.39 is 86.2 Å². The summed E-state index contributed by atoms with van der Waals surface area (Å²) in [7, 11) is 0. The average molecular weight is 567 g/mol. The first kappa shape index (κ1) is 28.5. The first-order valence-electron chi connectivity index (χ1n) is 12.5. The summed E-state index contributed by atoms with van der Waals surface area (Å²) in [6.45, 7) is -2.04. The van der Waals surface area contributed by atoms with Gasteiger partial charge in [-0.15, -0.1) is 0 Å². The minimum absolute atomic E-state index is 0.0144. The van der Waals surface area contributed by atoms with E-state index in [-0.39, 0.29) is 29.2 Å². The highest BCUT2D eigenvalue weighted by atomic mass is 16.8. The summed E-state index contributed by atoms with van der Waals surface area (Å²) < 4.78 is 28.2. The van der Waals surface area contributed by atoms with Gasteiger partial charge in [0.2, 0.25) is 6.29 Å². The van der Waals surface area contributed by atoms with Crippen molar-refractivity contribution in [3.8, 4) is 23.0 Å². The molecule has 5 rings (SSSR count). The third-order valence-corrected chi connectivity index (χ3v) is 7.19. The number of Topliss-reactive ketones (excluding diaryl/α,β-unsaturated/α-hetero) is 1. The quantitative estimate of drug-likeness (QED) is 0.190. The fourth-order valence-corrected chi connectivity index (χ4v) is 4.85. The van der Waals surface area contributed by atoms with E-state index >= 15 is 0 Å². The van der Waals surface area contributed by atoms with Crippen LogP contribution in [0, 0.1) is 0 Å². The number of aliphatic hydroxyl groups is 6. The molecule has 0 unspecified atom stereocenters. The number of aliphatic hydroxyl groups excluding tert-OH is 5. The van der Waals surface area contributed by atoms with Crippen molar-refractivity contribution < 1.29 is 69.3 Å². The minimum Gasteiger partial charge on any atom is -0.508 e. The number of ether oxygens (including phenoxy) is 5. The molecule has 0 saturated carbocycles. The predicted octanol–water partition coefficient (Wildman–Crippen LogP) is -1.55. The summed E-state index contributed by atoms with van der Waals surface area (Å²) in [6.07, 6.45) is -11.9. The Morgan fingerprint density at radius 1 is 1.00 bits per heavy atom. The molecule has 14 heteroatoms. The third-order valence-electron chi connectivity index (χ3n) is 7.19. The van der Waals surface area contributed by atoms with Gasteiger partial charge in [0.25, 0.3) is 0 Å². The molecule has 9 atom stereocenters. The van der Waals surface area contributed by atoms with Crippen LogP contribution in [-0.2, 0) is 14.2 Å². The van der Waals surface area contributed by atoms with E-state index in [9.17, 15) is 45.6 Å². The van der Waals surface area contributed by atoms with Gasteiger partial charge >= 0.3 is 0 Å². The Morgan fingerprint density at radius 2 is 1.73 bits per heavy atom. The maximum Gasteiger partial charge on any atom is 0.229 e. The highest BCUT2D eigenvalue weighted by molar-refractivity contribution is 6.02. The highest BCUT2D eigenvalue weighted by Gasteiger charge is 2.53. The van der Waals surface area contributed by atoms with Crippen molar-refractivity contribution in [1.82, 2.24) is 0 Å². The molecule has 14 nitrogen and oxygen atoms in total. The Labute approximate surface area is 227 Å². The Hall–Kier alpha value is -3.05. The lowest BCUT2D eigenvalue weighted by atomic mass is 9.95. The maximum absolute atomic E-state index is 12.8. The van der Waals surface area contributed by atoms with E-state index in [0.29, 0.717) is 5.56 Å². The SMILES string of the molecule is O=C1C[C@@H](c2ccc(O)cc2)Oc2cc(O[C@@H]3O[C@H](CO)[C@@H](O)[C@H](O)[C@H]3O[C@@H]3OC[C@](O)(CO)[C@H]3O)cc(O)c21. The number of rotatable bonds is 7. The molecular formula is C26H30O14. The fraction of sp³-hybridized carbons (Fsp3) is 0.500. The van der Waals surface area contributed by atoms with E-state index in [1.54, 1.807) is 12.1 Å². The number of benzene rings is 2. The summed E-state index contributed by atoms with van der Waals surface area (Å²) >= 11 is 0. The van der Waals surface area contributed by atoms with Crippen molar-refractivity contribution in [3.63, 3.8) is 0 Å². The highest BCUT2D eigenvalue weighted by Crippen LogP contribution is 2.43. The zero-order chi connectivity index (χ0) is 28.8. The molecule has 0 radical (unpaired) electrons. The number of phenols is 2. The van der Waals surface area contributed by atoms with Gasteiger partial charge in [-0.05, 0) is 17.7 Å². The van der Waals surface area contributed by atoms with Crippen LogP contribution < -0.4 is 9.47 Å². The molecule has 0 amide bonds. The van der Waals surface area contributed by atoms with Gasteiger partial charge < -0.3 is 64.5 Å². The van der Waals surface area contributed by atoms with E-state index in [1.807, 2.05) is 0 Å². The molecule has 0 bridgehead atoms. The number of ketones is 1. The smallest absolute Gasteiger partial charge is 0.229 e. The molecule has 40 heavy (non-hydrogen) atoms. The zero-order valence-corrected chi connectivity index (χ0v) is 20.9. The summed E-state index contributed by atoms with van der Waals surface area (Å²) in [5.41, 5.74) is -1.50. The van der Waals surface area contributed by atoms with Crippen LogP contribution in [-0.4, -0.2) is 115 Å². The lowest BCUT2D eigenvalue weighted by Crippen LogP contribution is -2.62. The number of fused-ring (bicyclic) bond motifs is 1. The van der Waals surface area contributed by atoms with Gasteiger partial charge in [-0.3, -0.25) is 4.79 Å². The van der Waals surface area contributed by atoms with E-state index in [2.05, 4.69) is 0 Å². The Kier molecular flexibility index (Phi) is 7.89. The molecule has 2 fully saturated rings. The van der Waals surface area contributed by atoms with Crippen molar-refractivity contribution in [2.75, 3.05) is 19.8 Å². The lowest BCUT2D eigenvalue weighted by Gasteiger charge is -2.42. The topological polar surface area (TPSA) is 225 Å². The first-order chi connectivity index (χ1) is 19.0. The molecule has 8 N–H and O–H groups in total. The molecule has 3 aliphatic rings. The van der Waals surface area contributed by atoms with E-state index in [1.165, 1.54) is 18.2 Å². The second kappa shape index (κ2) is 11.1. The van der Waals surface area contributed by atoms with Gasteiger partial charge in [-0.1, -0.05) is 12.1 Å². The predicted molar refractivity (Wildman–Crippen MR) is 130 cm³/mol. The van der Waals surface area contributed by atoms with Crippen LogP contribution in [0.2, 0.25) is 0 Å². The van der Waals surface area contributed by atoms with Crippen LogP contribution in [0.25, 0.3) is 0 Å². The monoisotopic (exact) mass is 566 g/mol. The van der Waals surface area contributed by atoms with Crippen LogP contribution in [0.1, 0.15) is 28.4 Å². The molecule has 3 heterocycles. The molecule has 2 saturated heterocycles. The molecule has 0 spiro atoms. The van der Waals surface area contributed by atoms with Crippen LogP contribution in [0.3, 0.4) is 0 Å². The largest absolute Gasteiger partial charge is 0.508 e. The second-order valence-electron chi connectivity index (χ2n) is 9.95. The summed E-state index contributed by atoms with van der Waals surface area (Å²) in [6, 6.07) is 8.49. The van der Waals surface area contributed by atoms with Crippen LogP contribution >= 0.6 is 0 Å². The standard InChI is InChI=1S/C26H30O14/c27-8-18-20(32)21(33)22(40-25-23(34)26(35,9-28)10-36-25)24(39-18)37-13-5-14(30)19-15(31)7-16(38-17(19)6-13)11-1-3-12(29)4-2-11/h1-6,16,18,20-25,27-30,32-35H,7-10H2/t16-,18+,20+,21-,22+,23-,24+,25-,26+/m0/s1. The number of phenolic OH excluding ortho intramolecular Hbond substituents is 2. The lowest BCUT2D eigenvalue weighted by molar-refractivity contribution is -0.318. The van der Waals surface area contributed by atoms with Gasteiger partial charge in [-0.2, -0.15) is 0 Å². The van der Waals surface area contributed by atoms with Gasteiger partial charge in [0, 0.05) is 12.1 Å². The maximum atomic E-state index is 12.8. The molecule has 3 aliphatic heterocycles.